The van der Waals surface area contributed by atoms with Crippen LogP contribution in [0.4, 0.5) is 0 Å². The topological polar surface area (TPSA) is 115 Å². The van der Waals surface area contributed by atoms with Gasteiger partial charge >= 0.3 is 5.97 Å². The van der Waals surface area contributed by atoms with Gasteiger partial charge in [-0.05, 0) is 31.0 Å². The zero-order chi connectivity index (χ0) is 25.8. The van der Waals surface area contributed by atoms with Crippen LogP contribution in [0, 0.1) is 5.41 Å². The van der Waals surface area contributed by atoms with Crippen molar-refractivity contribution in [3.8, 4) is 0 Å². The number of benzene rings is 1. The summed E-state index contributed by atoms with van der Waals surface area (Å²) in [6, 6.07) is 6.54. The molecule has 0 aliphatic carbocycles. The van der Waals surface area contributed by atoms with Crippen molar-refractivity contribution >= 4 is 28.7 Å². The van der Waals surface area contributed by atoms with Crippen molar-refractivity contribution in [2.45, 2.75) is 59.0 Å². The van der Waals surface area contributed by atoms with Crippen LogP contribution in [0.5, 0.6) is 0 Å². The molecular weight excluding hydrogens is 432 g/mol. The first-order valence-corrected chi connectivity index (χ1v) is 11.4. The summed E-state index contributed by atoms with van der Waals surface area (Å²) in [4.78, 5) is 42.6. The Labute approximate surface area is 201 Å². The van der Waals surface area contributed by atoms with Crippen LogP contribution in [0.1, 0.15) is 47.1 Å². The van der Waals surface area contributed by atoms with Crippen molar-refractivity contribution in [2.75, 3.05) is 20.6 Å². The smallest absolute Gasteiger partial charge is 0.331 e. The number of nitrogens with one attached hydrogen (secondary N) is 3. The van der Waals surface area contributed by atoms with E-state index in [-0.39, 0.29) is 23.9 Å². The van der Waals surface area contributed by atoms with Gasteiger partial charge < -0.3 is 25.6 Å². The second-order valence-corrected chi connectivity index (χ2v) is 10.4. The first kappa shape index (κ1) is 27.1. The Bertz CT molecular complexity index is 1080. The number of hydrogen-bond acceptors (Lipinski definition) is 4. The van der Waals surface area contributed by atoms with Crippen molar-refractivity contribution < 1.29 is 19.5 Å². The van der Waals surface area contributed by atoms with Crippen LogP contribution in [-0.2, 0) is 19.8 Å². The molecule has 34 heavy (non-hydrogen) atoms. The molecule has 2 rings (SSSR count). The number of aliphatic carboxylic acids is 1. The Balaban J connectivity index is 2.30. The highest BCUT2D eigenvalue weighted by molar-refractivity contribution is 5.92. The van der Waals surface area contributed by atoms with Crippen LogP contribution in [0.15, 0.2) is 42.1 Å². The number of carboxylic acid groups (broad SMARTS) is 1. The summed E-state index contributed by atoms with van der Waals surface area (Å²) < 4.78 is 0. The molecular formula is C26H38N4O4. The van der Waals surface area contributed by atoms with E-state index >= 15 is 0 Å². The third-order valence-corrected chi connectivity index (χ3v) is 6.34. The zero-order valence-electron chi connectivity index (χ0n) is 21.4. The molecule has 0 saturated carbocycles. The third-order valence-electron chi connectivity index (χ3n) is 6.34. The molecule has 0 aliphatic rings. The van der Waals surface area contributed by atoms with Gasteiger partial charge in [-0.1, -0.05) is 58.9 Å². The monoisotopic (exact) mass is 470 g/mol. The van der Waals surface area contributed by atoms with Gasteiger partial charge in [0.25, 0.3) is 0 Å². The summed E-state index contributed by atoms with van der Waals surface area (Å²) in [5.74, 6) is -1.59. The molecule has 4 N–H and O–H groups in total. The van der Waals surface area contributed by atoms with Crippen molar-refractivity contribution in [1.82, 2.24) is 20.5 Å². The molecule has 1 aromatic heterocycles. The highest BCUT2D eigenvalue weighted by Gasteiger charge is 2.41. The molecule has 8 heteroatoms. The van der Waals surface area contributed by atoms with E-state index in [9.17, 15) is 14.4 Å². The standard InChI is InChI=1S/C26H38N4O4/c1-16(24(33)34)13-14-30(8)23(32)21(25(2,3)4)29-22(31)20(27-7)26(5,6)18-15-28-19-12-10-9-11-17(18)19/h9-13,15,20-21,27-28H,14H2,1-8H3,(H,29,31)(H,33,34)/b16-13+. The lowest BCUT2D eigenvalue weighted by molar-refractivity contribution is -0.139. The minimum absolute atomic E-state index is 0.135. The summed E-state index contributed by atoms with van der Waals surface area (Å²) in [5.41, 5.74) is 1.01. The normalized spacial score (nSPS) is 14.5. The molecule has 0 saturated heterocycles. The SMILES string of the molecule is CNC(C(=O)NC(C(=O)N(C)C/C=C(\C)C(=O)O)C(C)(C)C)C(C)(C)c1c[nH]c2ccccc12. The van der Waals surface area contributed by atoms with Gasteiger partial charge in [0, 0.05) is 41.7 Å². The Morgan fingerprint density at radius 1 is 1.12 bits per heavy atom. The highest BCUT2D eigenvalue weighted by atomic mass is 16.4. The number of carbonyl (C=O) groups excluding carboxylic acids is 2. The van der Waals surface area contributed by atoms with Crippen LogP contribution in [0.3, 0.4) is 0 Å². The molecule has 186 valence electrons. The molecule has 2 unspecified atom stereocenters. The second kappa shape index (κ2) is 10.4. The molecule has 8 nitrogen and oxygen atoms in total. The van der Waals surface area contributed by atoms with E-state index in [0.717, 1.165) is 16.5 Å². The Morgan fingerprint density at radius 3 is 2.29 bits per heavy atom. The minimum atomic E-state index is -1.03. The summed E-state index contributed by atoms with van der Waals surface area (Å²) in [5, 5.41) is 16.2. The molecule has 2 aromatic rings. The average Bonchev–Trinajstić information content (AvgIpc) is 3.19. The van der Waals surface area contributed by atoms with E-state index in [2.05, 4.69) is 15.6 Å². The van der Waals surface area contributed by atoms with Crippen LogP contribution < -0.4 is 10.6 Å². The second-order valence-electron chi connectivity index (χ2n) is 10.4. The van der Waals surface area contributed by atoms with Crippen LogP contribution in [-0.4, -0.2) is 65.5 Å². The van der Waals surface area contributed by atoms with Gasteiger partial charge in [0.2, 0.25) is 11.8 Å². The van der Waals surface area contributed by atoms with Crippen molar-refractivity contribution in [1.29, 1.82) is 0 Å². The number of para-hydroxylation sites is 1. The van der Waals surface area contributed by atoms with E-state index in [1.54, 1.807) is 14.1 Å². The Hall–Kier alpha value is -3.13. The van der Waals surface area contributed by atoms with E-state index in [1.807, 2.05) is 65.1 Å². The first-order chi connectivity index (χ1) is 15.7. The number of rotatable bonds is 9. The largest absolute Gasteiger partial charge is 0.478 e. The quantitative estimate of drug-likeness (QED) is 0.421. The maximum Gasteiger partial charge on any atom is 0.331 e. The van der Waals surface area contributed by atoms with Crippen LogP contribution >= 0.6 is 0 Å². The van der Waals surface area contributed by atoms with E-state index in [0.29, 0.717) is 0 Å². The van der Waals surface area contributed by atoms with Gasteiger partial charge in [-0.3, -0.25) is 9.59 Å². The van der Waals surface area contributed by atoms with Gasteiger partial charge in [0.05, 0.1) is 6.04 Å². The van der Waals surface area contributed by atoms with Gasteiger partial charge in [0.15, 0.2) is 0 Å². The number of carboxylic acids is 1. The third kappa shape index (κ3) is 5.86. The molecule has 0 fully saturated rings. The summed E-state index contributed by atoms with van der Waals surface area (Å²) in [6.07, 6.45) is 3.41. The molecule has 0 spiro atoms. The summed E-state index contributed by atoms with van der Waals surface area (Å²) in [7, 11) is 3.34. The first-order valence-electron chi connectivity index (χ1n) is 11.4. The fourth-order valence-corrected chi connectivity index (χ4v) is 4.13. The Kier molecular flexibility index (Phi) is 8.31. The van der Waals surface area contributed by atoms with E-state index < -0.39 is 28.9 Å². The number of fused-ring (bicyclic) bond motifs is 1. The highest BCUT2D eigenvalue weighted by Crippen LogP contribution is 2.33. The number of amides is 2. The number of nitrogens with zero attached hydrogens (tertiary/aromatic N) is 1. The predicted octanol–water partition coefficient (Wildman–Crippen LogP) is 3.05. The van der Waals surface area contributed by atoms with Gasteiger partial charge in [-0.25, -0.2) is 4.79 Å². The number of aromatic amines is 1. The fraction of sp³-hybridized carbons (Fsp3) is 0.500. The molecule has 1 aromatic carbocycles. The fourth-order valence-electron chi connectivity index (χ4n) is 4.13. The molecule has 2 amide bonds. The number of likely N-dealkylation sites (N-methyl/N-ethyl adjacent to an activating group) is 2. The molecule has 0 bridgehead atoms. The maximum atomic E-state index is 13.5. The molecule has 2 atom stereocenters. The van der Waals surface area contributed by atoms with Crippen LogP contribution in [0.25, 0.3) is 10.9 Å². The predicted molar refractivity (Wildman–Crippen MR) is 135 cm³/mol. The van der Waals surface area contributed by atoms with Crippen LogP contribution in [0.2, 0.25) is 0 Å². The van der Waals surface area contributed by atoms with Gasteiger partial charge in [-0.15, -0.1) is 0 Å². The minimum Gasteiger partial charge on any atom is -0.478 e. The van der Waals surface area contributed by atoms with Gasteiger partial charge in [-0.2, -0.15) is 0 Å². The molecule has 0 aliphatic heterocycles. The number of hydrogen-bond donors (Lipinski definition) is 4. The molecule has 1 heterocycles. The van der Waals surface area contributed by atoms with Crippen molar-refractivity contribution in [2.24, 2.45) is 5.41 Å². The van der Waals surface area contributed by atoms with Crippen molar-refractivity contribution in [3.63, 3.8) is 0 Å². The zero-order valence-corrected chi connectivity index (χ0v) is 21.4. The van der Waals surface area contributed by atoms with E-state index in [4.69, 9.17) is 5.11 Å². The van der Waals surface area contributed by atoms with E-state index in [1.165, 1.54) is 17.9 Å². The van der Waals surface area contributed by atoms with Crippen molar-refractivity contribution in [3.05, 3.63) is 47.7 Å². The average molecular weight is 471 g/mol. The lowest BCUT2D eigenvalue weighted by Gasteiger charge is -2.37. The maximum absolute atomic E-state index is 13.5. The number of carbonyl (C=O) groups is 3. The number of aromatic nitrogens is 1. The summed E-state index contributed by atoms with van der Waals surface area (Å²) >= 11 is 0. The van der Waals surface area contributed by atoms with Gasteiger partial charge in [0.1, 0.15) is 6.04 Å². The lowest BCUT2D eigenvalue weighted by atomic mass is 9.76. The summed E-state index contributed by atoms with van der Waals surface area (Å²) in [6.45, 7) is 11.3. The molecule has 0 radical (unpaired) electrons. The number of H-pyrrole nitrogens is 1. The lowest BCUT2D eigenvalue weighted by Crippen LogP contribution is -2.60. The Morgan fingerprint density at radius 2 is 1.74 bits per heavy atom.